The molecule has 0 aromatic heterocycles. The maximum atomic E-state index is 11.5. The van der Waals surface area contributed by atoms with E-state index in [2.05, 4.69) is 10.6 Å². The van der Waals surface area contributed by atoms with Crippen LogP contribution in [-0.2, 0) is 19.1 Å². The summed E-state index contributed by atoms with van der Waals surface area (Å²) < 4.78 is 9.70. The first kappa shape index (κ1) is 18.9. The van der Waals surface area contributed by atoms with Crippen molar-refractivity contribution in [1.82, 2.24) is 10.6 Å². The van der Waals surface area contributed by atoms with E-state index < -0.39 is 0 Å². The van der Waals surface area contributed by atoms with Gasteiger partial charge in [0.2, 0.25) is 11.8 Å². The van der Waals surface area contributed by atoms with Crippen LogP contribution in [0.4, 0.5) is 0 Å². The fourth-order valence-corrected chi connectivity index (χ4v) is 1.73. The molecule has 20 heavy (non-hydrogen) atoms. The molecule has 0 unspecified atom stereocenters. The summed E-state index contributed by atoms with van der Waals surface area (Å²) in [5, 5.41) is 5.81. The summed E-state index contributed by atoms with van der Waals surface area (Å²) in [7, 11) is 3.15. The van der Waals surface area contributed by atoms with Crippen LogP contribution >= 0.6 is 0 Å². The van der Waals surface area contributed by atoms with E-state index in [0.717, 1.165) is 12.8 Å². The van der Waals surface area contributed by atoms with Gasteiger partial charge >= 0.3 is 0 Å². The number of ether oxygens (including phenoxy) is 2. The molecule has 0 fully saturated rings. The van der Waals surface area contributed by atoms with Crippen LogP contribution < -0.4 is 10.6 Å². The third-order valence-electron chi connectivity index (χ3n) is 2.91. The van der Waals surface area contributed by atoms with Crippen molar-refractivity contribution in [3.63, 3.8) is 0 Å². The minimum Gasteiger partial charge on any atom is -0.384 e. The van der Waals surface area contributed by atoms with Gasteiger partial charge in [0.25, 0.3) is 0 Å². The number of nitrogens with one attached hydrogen (secondary N) is 2. The van der Waals surface area contributed by atoms with Crippen molar-refractivity contribution in [3.05, 3.63) is 0 Å². The van der Waals surface area contributed by atoms with Crippen molar-refractivity contribution < 1.29 is 19.1 Å². The van der Waals surface area contributed by atoms with Crippen LogP contribution in [0.1, 0.15) is 39.5 Å². The average Bonchev–Trinajstić information content (AvgIpc) is 2.40. The summed E-state index contributed by atoms with van der Waals surface area (Å²) in [6, 6.07) is 0.190. The number of carbonyl (C=O) groups is 2. The van der Waals surface area contributed by atoms with Crippen molar-refractivity contribution in [2.45, 2.75) is 51.6 Å². The molecule has 118 valence electrons. The highest BCUT2D eigenvalue weighted by Crippen LogP contribution is 2.02. The van der Waals surface area contributed by atoms with E-state index >= 15 is 0 Å². The van der Waals surface area contributed by atoms with E-state index in [9.17, 15) is 9.59 Å². The van der Waals surface area contributed by atoms with E-state index in [1.54, 1.807) is 14.2 Å². The number of methoxy groups -OCH3 is 2. The molecule has 0 aromatic rings. The second kappa shape index (κ2) is 11.7. The molecule has 0 aliphatic rings. The molecule has 2 amide bonds. The molecular formula is C14H28N2O4. The highest BCUT2D eigenvalue weighted by molar-refractivity contribution is 5.76. The highest BCUT2D eigenvalue weighted by Gasteiger charge is 2.11. The second-order valence-corrected chi connectivity index (χ2v) is 5.00. The Labute approximate surface area is 121 Å². The predicted octanol–water partition coefficient (Wildman–Crippen LogP) is 0.849. The summed E-state index contributed by atoms with van der Waals surface area (Å²) >= 11 is 0. The van der Waals surface area contributed by atoms with Crippen molar-refractivity contribution >= 4 is 11.8 Å². The van der Waals surface area contributed by atoms with E-state index in [1.807, 2.05) is 13.8 Å². The number of hydrogen-bond donors (Lipinski definition) is 2. The highest BCUT2D eigenvalue weighted by atomic mass is 16.5. The Balaban J connectivity index is 3.74. The minimum absolute atomic E-state index is 0.00358. The van der Waals surface area contributed by atoms with Crippen LogP contribution in [-0.4, -0.2) is 51.3 Å². The molecule has 0 saturated heterocycles. The Morgan fingerprint density at radius 3 is 1.50 bits per heavy atom. The second-order valence-electron chi connectivity index (χ2n) is 5.00. The van der Waals surface area contributed by atoms with Crippen molar-refractivity contribution in [2.75, 3.05) is 27.4 Å². The summed E-state index contributed by atoms with van der Waals surface area (Å²) in [5.74, 6) is -0.00716. The minimum atomic E-state index is -0.00358. The average molecular weight is 288 g/mol. The van der Waals surface area contributed by atoms with E-state index in [0.29, 0.717) is 26.1 Å². The standard InChI is InChI=1S/C14H28N2O4/c1-11(15-13(17)7-9-19-3)5-6-12(2)16-14(18)8-10-20-4/h11-12H,5-10H2,1-4H3,(H,15,17)(H,16,18)/t11-,12-/m1/s1. The smallest absolute Gasteiger partial charge is 0.222 e. The summed E-state index contributed by atoms with van der Waals surface area (Å²) in [5.41, 5.74) is 0. The Morgan fingerprint density at radius 1 is 0.850 bits per heavy atom. The fourth-order valence-electron chi connectivity index (χ4n) is 1.73. The first-order chi connectivity index (χ1) is 9.49. The maximum Gasteiger partial charge on any atom is 0.222 e. The van der Waals surface area contributed by atoms with Gasteiger partial charge in [0.1, 0.15) is 0 Å². The molecule has 2 atom stereocenters. The fraction of sp³-hybridized carbons (Fsp3) is 0.857. The van der Waals surface area contributed by atoms with Gasteiger partial charge in [-0.3, -0.25) is 9.59 Å². The molecular weight excluding hydrogens is 260 g/mol. The zero-order chi connectivity index (χ0) is 15.4. The molecule has 2 N–H and O–H groups in total. The lowest BCUT2D eigenvalue weighted by molar-refractivity contribution is -0.123. The van der Waals surface area contributed by atoms with Gasteiger partial charge in [-0.05, 0) is 26.7 Å². The molecule has 0 spiro atoms. The molecule has 0 saturated carbocycles. The lowest BCUT2D eigenvalue weighted by Crippen LogP contribution is -2.37. The van der Waals surface area contributed by atoms with Gasteiger partial charge in [0, 0.05) is 39.1 Å². The van der Waals surface area contributed by atoms with Crippen LogP contribution in [0.25, 0.3) is 0 Å². The molecule has 6 heteroatoms. The van der Waals surface area contributed by atoms with E-state index in [1.165, 1.54) is 0 Å². The SMILES string of the molecule is COCCC(=O)N[C@H](C)CC[C@@H](C)NC(=O)CCOC. The van der Waals surface area contributed by atoms with Crippen LogP contribution in [0.2, 0.25) is 0 Å². The molecule has 0 aliphatic heterocycles. The normalized spacial score (nSPS) is 13.6. The van der Waals surface area contributed by atoms with E-state index in [4.69, 9.17) is 9.47 Å². The van der Waals surface area contributed by atoms with Gasteiger partial charge in [0.05, 0.1) is 13.2 Å². The molecule has 0 bridgehead atoms. The predicted molar refractivity (Wildman–Crippen MR) is 77.4 cm³/mol. The summed E-state index contributed by atoms with van der Waals surface area (Å²) in [6.45, 7) is 4.80. The van der Waals surface area contributed by atoms with Gasteiger partial charge in [0.15, 0.2) is 0 Å². The molecule has 0 rings (SSSR count). The van der Waals surface area contributed by atoms with Crippen LogP contribution in [0.5, 0.6) is 0 Å². The first-order valence-corrected chi connectivity index (χ1v) is 7.06. The molecule has 0 radical (unpaired) electrons. The molecule has 0 aliphatic carbocycles. The zero-order valence-electron chi connectivity index (χ0n) is 13.0. The largest absolute Gasteiger partial charge is 0.384 e. The Hall–Kier alpha value is -1.14. The molecule has 6 nitrogen and oxygen atoms in total. The lowest BCUT2D eigenvalue weighted by atomic mass is 10.1. The molecule has 0 heterocycles. The Morgan fingerprint density at radius 2 is 1.20 bits per heavy atom. The Kier molecular flexibility index (Phi) is 11.0. The van der Waals surface area contributed by atoms with Crippen molar-refractivity contribution in [1.29, 1.82) is 0 Å². The van der Waals surface area contributed by atoms with Crippen LogP contribution in [0, 0.1) is 0 Å². The number of hydrogen-bond acceptors (Lipinski definition) is 4. The number of rotatable bonds is 11. The van der Waals surface area contributed by atoms with E-state index in [-0.39, 0.29) is 23.9 Å². The third kappa shape index (κ3) is 10.8. The molecule has 0 aromatic carbocycles. The van der Waals surface area contributed by atoms with Gasteiger partial charge in [-0.15, -0.1) is 0 Å². The zero-order valence-corrected chi connectivity index (χ0v) is 13.0. The first-order valence-electron chi connectivity index (χ1n) is 7.06. The monoisotopic (exact) mass is 288 g/mol. The van der Waals surface area contributed by atoms with Gasteiger partial charge < -0.3 is 20.1 Å². The Bertz CT molecular complexity index is 256. The topological polar surface area (TPSA) is 76.7 Å². The number of carbonyl (C=O) groups excluding carboxylic acids is 2. The number of amides is 2. The quantitative estimate of drug-likeness (QED) is 0.591. The van der Waals surface area contributed by atoms with Crippen molar-refractivity contribution in [3.8, 4) is 0 Å². The maximum absolute atomic E-state index is 11.5. The third-order valence-corrected chi connectivity index (χ3v) is 2.91. The van der Waals surface area contributed by atoms with Crippen LogP contribution in [0.3, 0.4) is 0 Å². The summed E-state index contributed by atoms with van der Waals surface area (Å²) in [6.07, 6.45) is 2.41. The van der Waals surface area contributed by atoms with Gasteiger partial charge in [-0.1, -0.05) is 0 Å². The van der Waals surface area contributed by atoms with Gasteiger partial charge in [-0.25, -0.2) is 0 Å². The van der Waals surface area contributed by atoms with Crippen LogP contribution in [0.15, 0.2) is 0 Å². The summed E-state index contributed by atoms with van der Waals surface area (Å²) in [4.78, 5) is 23.0. The van der Waals surface area contributed by atoms with Crippen molar-refractivity contribution in [2.24, 2.45) is 0 Å². The van der Waals surface area contributed by atoms with Gasteiger partial charge in [-0.2, -0.15) is 0 Å². The lowest BCUT2D eigenvalue weighted by Gasteiger charge is -2.18.